The highest BCUT2D eigenvalue weighted by molar-refractivity contribution is 7.99. The number of nitrogens with zero attached hydrogens (tertiary/aromatic N) is 1. The molecule has 1 aliphatic rings. The number of rotatable bonds is 3. The maximum atomic E-state index is 13.8. The van der Waals surface area contributed by atoms with Crippen molar-refractivity contribution in [1.82, 2.24) is 4.90 Å². The van der Waals surface area contributed by atoms with Gasteiger partial charge in [-0.1, -0.05) is 12.2 Å². The van der Waals surface area contributed by atoms with E-state index < -0.39 is 0 Å². The Morgan fingerprint density at radius 1 is 1.61 bits per heavy atom. The van der Waals surface area contributed by atoms with Crippen LogP contribution in [0.5, 0.6) is 0 Å². The summed E-state index contributed by atoms with van der Waals surface area (Å²) in [4.78, 5) is 2.62. The fourth-order valence-electron chi connectivity index (χ4n) is 2.06. The molecule has 0 aromatic heterocycles. The Balaban J connectivity index is 2.17. The van der Waals surface area contributed by atoms with Gasteiger partial charge in [-0.25, -0.2) is 4.39 Å². The summed E-state index contributed by atoms with van der Waals surface area (Å²) in [6.45, 7) is 3.81. The predicted octanol–water partition coefficient (Wildman–Crippen LogP) is 2.40. The Hall–Kier alpha value is -0.650. The zero-order valence-corrected chi connectivity index (χ0v) is 12.0. The number of thiocarbonyl (C=S) groups is 1. The molecule has 5 heteroatoms. The normalized spacial score (nSPS) is 20.9. The van der Waals surface area contributed by atoms with Crippen molar-refractivity contribution >= 4 is 29.0 Å². The van der Waals surface area contributed by atoms with E-state index in [1.54, 1.807) is 12.1 Å². The van der Waals surface area contributed by atoms with Crippen LogP contribution in [0.4, 0.5) is 4.39 Å². The number of halogens is 1. The van der Waals surface area contributed by atoms with E-state index in [2.05, 4.69) is 11.8 Å². The first-order valence-electron chi connectivity index (χ1n) is 5.98. The van der Waals surface area contributed by atoms with Crippen molar-refractivity contribution in [2.75, 3.05) is 18.1 Å². The summed E-state index contributed by atoms with van der Waals surface area (Å²) in [6, 6.07) is 5.34. The Kier molecular flexibility index (Phi) is 4.59. The standard InChI is InChI=1S/C13H17FN2S2/c1-9-8-18-5-4-16(9)7-11-6-10(13(15)17)2-3-12(11)14/h2-3,6,9H,4-5,7-8H2,1H3,(H2,15,17). The van der Waals surface area contributed by atoms with Crippen molar-refractivity contribution < 1.29 is 4.39 Å². The van der Waals surface area contributed by atoms with Crippen molar-refractivity contribution in [3.8, 4) is 0 Å². The third-order valence-electron chi connectivity index (χ3n) is 3.21. The first kappa shape index (κ1) is 13.8. The molecule has 0 saturated carbocycles. The maximum absolute atomic E-state index is 13.8. The maximum Gasteiger partial charge on any atom is 0.127 e. The topological polar surface area (TPSA) is 29.3 Å². The molecule has 2 rings (SSSR count). The van der Waals surface area contributed by atoms with E-state index in [1.807, 2.05) is 11.8 Å². The van der Waals surface area contributed by atoms with Crippen molar-refractivity contribution in [2.45, 2.75) is 19.5 Å². The highest BCUT2D eigenvalue weighted by atomic mass is 32.2. The van der Waals surface area contributed by atoms with Crippen LogP contribution in [0.3, 0.4) is 0 Å². The monoisotopic (exact) mass is 284 g/mol. The van der Waals surface area contributed by atoms with Gasteiger partial charge < -0.3 is 5.73 Å². The molecule has 1 atom stereocenters. The average Bonchev–Trinajstić information content (AvgIpc) is 2.34. The molecular formula is C13H17FN2S2. The molecule has 0 spiro atoms. The van der Waals surface area contributed by atoms with Gasteiger partial charge in [-0.2, -0.15) is 11.8 Å². The van der Waals surface area contributed by atoms with Crippen LogP contribution in [0.15, 0.2) is 18.2 Å². The van der Waals surface area contributed by atoms with Crippen LogP contribution >= 0.6 is 24.0 Å². The molecule has 2 N–H and O–H groups in total. The van der Waals surface area contributed by atoms with E-state index in [4.69, 9.17) is 18.0 Å². The minimum Gasteiger partial charge on any atom is -0.389 e. The zero-order chi connectivity index (χ0) is 13.1. The molecule has 18 heavy (non-hydrogen) atoms. The second-order valence-electron chi connectivity index (χ2n) is 4.56. The molecule has 0 bridgehead atoms. The lowest BCUT2D eigenvalue weighted by Gasteiger charge is -2.33. The van der Waals surface area contributed by atoms with Gasteiger partial charge in [0.2, 0.25) is 0 Å². The van der Waals surface area contributed by atoms with Crippen molar-refractivity contribution in [3.63, 3.8) is 0 Å². The first-order chi connectivity index (χ1) is 8.58. The Morgan fingerprint density at radius 2 is 2.39 bits per heavy atom. The van der Waals surface area contributed by atoms with Gasteiger partial charge in [0, 0.05) is 41.8 Å². The van der Waals surface area contributed by atoms with Crippen molar-refractivity contribution in [3.05, 3.63) is 35.1 Å². The molecule has 2 nitrogen and oxygen atoms in total. The van der Waals surface area contributed by atoms with Crippen LogP contribution in [0.2, 0.25) is 0 Å². The van der Waals surface area contributed by atoms with Crippen LogP contribution in [0.25, 0.3) is 0 Å². The number of hydrogen-bond acceptors (Lipinski definition) is 3. The Bertz CT molecular complexity index is 451. The summed E-state index contributed by atoms with van der Waals surface area (Å²) in [5, 5.41) is 0. The fourth-order valence-corrected chi connectivity index (χ4v) is 3.27. The lowest BCUT2D eigenvalue weighted by Crippen LogP contribution is -2.39. The van der Waals surface area contributed by atoms with E-state index in [9.17, 15) is 4.39 Å². The fraction of sp³-hybridized carbons (Fsp3) is 0.462. The van der Waals surface area contributed by atoms with Crippen LogP contribution in [0, 0.1) is 5.82 Å². The summed E-state index contributed by atoms with van der Waals surface area (Å²) in [5.74, 6) is 2.04. The van der Waals surface area contributed by atoms with Gasteiger partial charge >= 0.3 is 0 Å². The van der Waals surface area contributed by atoms with Crippen LogP contribution in [-0.2, 0) is 6.54 Å². The summed E-state index contributed by atoms with van der Waals surface area (Å²) in [6.07, 6.45) is 0. The average molecular weight is 284 g/mol. The smallest absolute Gasteiger partial charge is 0.127 e. The van der Waals surface area contributed by atoms with Gasteiger partial charge in [0.15, 0.2) is 0 Å². The second-order valence-corrected chi connectivity index (χ2v) is 6.15. The molecule has 1 heterocycles. The van der Waals surface area contributed by atoms with Gasteiger partial charge in [-0.05, 0) is 25.1 Å². The van der Waals surface area contributed by atoms with E-state index in [0.717, 1.165) is 23.6 Å². The molecule has 0 amide bonds. The zero-order valence-electron chi connectivity index (χ0n) is 10.4. The van der Waals surface area contributed by atoms with E-state index in [-0.39, 0.29) is 5.82 Å². The highest BCUT2D eigenvalue weighted by Crippen LogP contribution is 2.20. The number of benzene rings is 1. The first-order valence-corrected chi connectivity index (χ1v) is 7.54. The molecule has 1 aliphatic heterocycles. The molecule has 98 valence electrons. The third kappa shape index (κ3) is 3.22. The van der Waals surface area contributed by atoms with Gasteiger partial charge in [0.25, 0.3) is 0 Å². The largest absolute Gasteiger partial charge is 0.389 e. The summed E-state index contributed by atoms with van der Waals surface area (Å²) in [7, 11) is 0. The number of hydrogen-bond donors (Lipinski definition) is 1. The van der Waals surface area contributed by atoms with E-state index >= 15 is 0 Å². The number of thioether (sulfide) groups is 1. The molecular weight excluding hydrogens is 267 g/mol. The van der Waals surface area contributed by atoms with Crippen LogP contribution in [-0.4, -0.2) is 34.0 Å². The second kappa shape index (κ2) is 5.99. The molecule has 1 unspecified atom stereocenters. The number of nitrogens with two attached hydrogens (primary N) is 1. The molecule has 0 radical (unpaired) electrons. The Morgan fingerprint density at radius 3 is 3.06 bits per heavy atom. The molecule has 1 aromatic rings. The van der Waals surface area contributed by atoms with Gasteiger partial charge in [-0.3, -0.25) is 4.90 Å². The summed E-state index contributed by atoms with van der Waals surface area (Å²) < 4.78 is 13.8. The highest BCUT2D eigenvalue weighted by Gasteiger charge is 2.20. The minimum atomic E-state index is -0.180. The lowest BCUT2D eigenvalue weighted by atomic mass is 10.1. The van der Waals surface area contributed by atoms with E-state index in [0.29, 0.717) is 23.1 Å². The van der Waals surface area contributed by atoms with Gasteiger partial charge in [0.1, 0.15) is 10.8 Å². The van der Waals surface area contributed by atoms with Crippen LogP contribution < -0.4 is 5.73 Å². The Labute approximate surface area is 117 Å². The summed E-state index contributed by atoms with van der Waals surface area (Å²) >= 11 is 6.88. The molecule has 1 saturated heterocycles. The third-order valence-corrected chi connectivity index (χ3v) is 4.63. The van der Waals surface area contributed by atoms with Crippen molar-refractivity contribution in [1.29, 1.82) is 0 Å². The molecule has 0 aliphatic carbocycles. The summed E-state index contributed by atoms with van der Waals surface area (Å²) in [5.41, 5.74) is 7.00. The van der Waals surface area contributed by atoms with Gasteiger partial charge in [-0.15, -0.1) is 0 Å². The van der Waals surface area contributed by atoms with Gasteiger partial charge in [0.05, 0.1) is 0 Å². The predicted molar refractivity (Wildman–Crippen MR) is 79.5 cm³/mol. The lowest BCUT2D eigenvalue weighted by molar-refractivity contribution is 0.221. The van der Waals surface area contributed by atoms with Crippen molar-refractivity contribution in [2.24, 2.45) is 5.73 Å². The quantitative estimate of drug-likeness (QED) is 0.863. The molecule has 1 aromatic carbocycles. The van der Waals surface area contributed by atoms with E-state index in [1.165, 1.54) is 6.07 Å². The SMILES string of the molecule is CC1CSCCN1Cc1cc(C(N)=S)ccc1F. The van der Waals surface area contributed by atoms with Crippen LogP contribution in [0.1, 0.15) is 18.1 Å². The minimum absolute atomic E-state index is 0.180. The molecule has 1 fully saturated rings.